The fourth-order valence-electron chi connectivity index (χ4n) is 3.11. The van der Waals surface area contributed by atoms with E-state index < -0.39 is 0 Å². The standard InChI is InChI=1S/C22H21N5OS/c1-14-13-15(2)27-21(23-14)25-22(26-27)29-16(3)20(28)24-19-12-8-7-11-18(19)17-9-5-4-6-10-17/h4-13,16H,1-3H3,(H,24,28)/t16-/m1/s1. The van der Waals surface area contributed by atoms with Crippen molar-refractivity contribution in [3.8, 4) is 11.1 Å². The van der Waals surface area contributed by atoms with E-state index in [0.717, 1.165) is 28.2 Å². The molecule has 2 aromatic carbocycles. The maximum Gasteiger partial charge on any atom is 0.253 e. The first-order valence-electron chi connectivity index (χ1n) is 9.34. The number of aromatic nitrogens is 4. The van der Waals surface area contributed by atoms with E-state index in [1.165, 1.54) is 11.8 Å². The van der Waals surface area contributed by atoms with Gasteiger partial charge in [0, 0.05) is 22.6 Å². The van der Waals surface area contributed by atoms with Crippen LogP contribution >= 0.6 is 11.8 Å². The van der Waals surface area contributed by atoms with Gasteiger partial charge in [-0.2, -0.15) is 4.98 Å². The van der Waals surface area contributed by atoms with Crippen molar-refractivity contribution in [3.05, 3.63) is 72.1 Å². The molecule has 6 nitrogen and oxygen atoms in total. The van der Waals surface area contributed by atoms with E-state index in [-0.39, 0.29) is 11.2 Å². The lowest BCUT2D eigenvalue weighted by Crippen LogP contribution is -2.22. The Morgan fingerprint density at radius 1 is 1.03 bits per heavy atom. The summed E-state index contributed by atoms with van der Waals surface area (Å²) in [5.41, 5.74) is 4.68. The first-order chi connectivity index (χ1) is 14.0. The van der Waals surface area contributed by atoms with E-state index in [1.807, 2.05) is 81.4 Å². The van der Waals surface area contributed by atoms with Gasteiger partial charge in [0.15, 0.2) is 0 Å². The molecule has 4 aromatic rings. The Bertz CT molecular complexity index is 1170. The fraction of sp³-hybridized carbons (Fsp3) is 0.182. The summed E-state index contributed by atoms with van der Waals surface area (Å²) in [5, 5.41) is 7.69. The number of thioether (sulfide) groups is 1. The quantitative estimate of drug-likeness (QED) is 0.496. The summed E-state index contributed by atoms with van der Waals surface area (Å²) >= 11 is 1.32. The third-order valence-electron chi connectivity index (χ3n) is 4.52. The Morgan fingerprint density at radius 3 is 2.55 bits per heavy atom. The van der Waals surface area contributed by atoms with Gasteiger partial charge >= 0.3 is 0 Å². The molecule has 146 valence electrons. The minimum Gasteiger partial charge on any atom is -0.325 e. The lowest BCUT2D eigenvalue weighted by Gasteiger charge is -2.14. The topological polar surface area (TPSA) is 72.2 Å². The summed E-state index contributed by atoms with van der Waals surface area (Å²) in [4.78, 5) is 21.7. The van der Waals surface area contributed by atoms with E-state index in [2.05, 4.69) is 20.4 Å². The molecule has 1 amide bonds. The average molecular weight is 404 g/mol. The number of carbonyl (C=O) groups is 1. The molecular weight excluding hydrogens is 382 g/mol. The lowest BCUT2D eigenvalue weighted by atomic mass is 10.0. The Balaban J connectivity index is 1.52. The molecule has 1 atom stereocenters. The van der Waals surface area contributed by atoms with E-state index in [9.17, 15) is 4.79 Å². The van der Waals surface area contributed by atoms with Gasteiger partial charge in [0.25, 0.3) is 5.78 Å². The molecule has 4 rings (SSSR count). The van der Waals surface area contributed by atoms with Gasteiger partial charge in [0.05, 0.1) is 5.25 Å². The number of fused-ring (bicyclic) bond motifs is 1. The van der Waals surface area contributed by atoms with Gasteiger partial charge in [-0.1, -0.05) is 60.3 Å². The number of carbonyl (C=O) groups excluding carboxylic acids is 1. The number of nitrogens with zero attached hydrogens (tertiary/aromatic N) is 4. The highest BCUT2D eigenvalue weighted by molar-refractivity contribution is 8.00. The van der Waals surface area contributed by atoms with Crippen LogP contribution in [0.4, 0.5) is 5.69 Å². The molecule has 29 heavy (non-hydrogen) atoms. The summed E-state index contributed by atoms with van der Waals surface area (Å²) < 4.78 is 1.70. The van der Waals surface area contributed by atoms with Crippen LogP contribution in [0.15, 0.2) is 65.8 Å². The van der Waals surface area contributed by atoms with Crippen LogP contribution in [-0.2, 0) is 4.79 Å². The fourth-order valence-corrected chi connectivity index (χ4v) is 3.85. The molecule has 0 unspecified atom stereocenters. The predicted molar refractivity (Wildman–Crippen MR) is 116 cm³/mol. The van der Waals surface area contributed by atoms with Crippen LogP contribution in [0.3, 0.4) is 0 Å². The maximum absolute atomic E-state index is 12.8. The smallest absolute Gasteiger partial charge is 0.253 e. The molecule has 0 radical (unpaired) electrons. The predicted octanol–water partition coefficient (Wildman–Crippen LogP) is 4.53. The number of anilines is 1. The third-order valence-corrected chi connectivity index (χ3v) is 5.47. The number of amides is 1. The average Bonchev–Trinajstić information content (AvgIpc) is 3.11. The molecule has 0 saturated heterocycles. The molecule has 0 fully saturated rings. The van der Waals surface area contributed by atoms with Crippen LogP contribution in [-0.4, -0.2) is 30.7 Å². The highest BCUT2D eigenvalue weighted by Crippen LogP contribution is 2.29. The highest BCUT2D eigenvalue weighted by Gasteiger charge is 2.19. The maximum atomic E-state index is 12.8. The van der Waals surface area contributed by atoms with Crippen molar-refractivity contribution >= 4 is 29.1 Å². The van der Waals surface area contributed by atoms with Gasteiger partial charge in [0.1, 0.15) is 0 Å². The first-order valence-corrected chi connectivity index (χ1v) is 10.2. The molecule has 1 N–H and O–H groups in total. The van der Waals surface area contributed by atoms with Crippen molar-refractivity contribution in [2.24, 2.45) is 0 Å². The van der Waals surface area contributed by atoms with Crippen LogP contribution in [0.25, 0.3) is 16.9 Å². The van der Waals surface area contributed by atoms with Crippen molar-refractivity contribution in [1.82, 2.24) is 19.6 Å². The number of nitrogens with one attached hydrogen (secondary N) is 1. The molecule has 0 saturated carbocycles. The summed E-state index contributed by atoms with van der Waals surface area (Å²) in [6.07, 6.45) is 0. The highest BCUT2D eigenvalue weighted by atomic mass is 32.2. The van der Waals surface area contributed by atoms with Crippen molar-refractivity contribution < 1.29 is 4.79 Å². The van der Waals surface area contributed by atoms with Crippen molar-refractivity contribution in [2.45, 2.75) is 31.2 Å². The van der Waals surface area contributed by atoms with Crippen LogP contribution in [0, 0.1) is 13.8 Å². The van der Waals surface area contributed by atoms with Gasteiger partial charge in [-0.25, -0.2) is 9.50 Å². The van der Waals surface area contributed by atoms with Gasteiger partial charge < -0.3 is 5.32 Å². The Morgan fingerprint density at radius 2 is 1.76 bits per heavy atom. The second kappa shape index (κ2) is 8.05. The van der Waals surface area contributed by atoms with E-state index in [0.29, 0.717) is 10.9 Å². The Kier molecular flexibility index (Phi) is 5.31. The number of benzene rings is 2. The molecule has 0 aliphatic rings. The molecule has 0 aliphatic heterocycles. The molecule has 0 bridgehead atoms. The molecular formula is C22H21N5OS. The zero-order valence-corrected chi connectivity index (χ0v) is 17.3. The van der Waals surface area contributed by atoms with E-state index in [1.54, 1.807) is 4.52 Å². The largest absolute Gasteiger partial charge is 0.325 e. The van der Waals surface area contributed by atoms with Gasteiger partial charge in [0.2, 0.25) is 11.1 Å². The minimum absolute atomic E-state index is 0.0990. The zero-order chi connectivity index (χ0) is 20.4. The molecule has 0 spiro atoms. The number of para-hydroxylation sites is 1. The van der Waals surface area contributed by atoms with Crippen molar-refractivity contribution in [2.75, 3.05) is 5.32 Å². The summed E-state index contributed by atoms with van der Waals surface area (Å²) in [6, 6.07) is 19.8. The zero-order valence-electron chi connectivity index (χ0n) is 16.5. The minimum atomic E-state index is -0.363. The Labute approximate surface area is 173 Å². The molecule has 2 aromatic heterocycles. The molecule has 7 heteroatoms. The number of aryl methyl sites for hydroxylation is 2. The number of hydrogen-bond donors (Lipinski definition) is 1. The monoisotopic (exact) mass is 403 g/mol. The lowest BCUT2D eigenvalue weighted by molar-refractivity contribution is -0.115. The van der Waals surface area contributed by atoms with Crippen LogP contribution < -0.4 is 5.32 Å². The summed E-state index contributed by atoms with van der Waals surface area (Å²) in [6.45, 7) is 5.73. The number of rotatable bonds is 5. The van der Waals surface area contributed by atoms with E-state index >= 15 is 0 Å². The van der Waals surface area contributed by atoms with Crippen LogP contribution in [0.5, 0.6) is 0 Å². The second-order valence-corrected chi connectivity index (χ2v) is 8.11. The first kappa shape index (κ1) is 19.1. The second-order valence-electron chi connectivity index (χ2n) is 6.81. The number of hydrogen-bond acceptors (Lipinski definition) is 5. The van der Waals surface area contributed by atoms with Crippen molar-refractivity contribution in [3.63, 3.8) is 0 Å². The van der Waals surface area contributed by atoms with Gasteiger partial charge in [-0.15, -0.1) is 5.10 Å². The van der Waals surface area contributed by atoms with Crippen LogP contribution in [0.2, 0.25) is 0 Å². The summed E-state index contributed by atoms with van der Waals surface area (Å²) in [5.74, 6) is 0.449. The van der Waals surface area contributed by atoms with Gasteiger partial charge in [-0.3, -0.25) is 4.79 Å². The van der Waals surface area contributed by atoms with E-state index in [4.69, 9.17) is 0 Å². The normalized spacial score (nSPS) is 12.1. The molecule has 0 aliphatic carbocycles. The Hall–Kier alpha value is -3.19. The van der Waals surface area contributed by atoms with Crippen molar-refractivity contribution in [1.29, 1.82) is 0 Å². The summed E-state index contributed by atoms with van der Waals surface area (Å²) in [7, 11) is 0. The third kappa shape index (κ3) is 4.14. The van der Waals surface area contributed by atoms with Crippen LogP contribution in [0.1, 0.15) is 18.3 Å². The SMILES string of the molecule is Cc1cc(C)n2nc(S[C@H](C)C(=O)Nc3ccccc3-c3ccccc3)nc2n1. The molecule has 2 heterocycles. The van der Waals surface area contributed by atoms with Gasteiger partial charge in [-0.05, 0) is 38.5 Å².